The van der Waals surface area contributed by atoms with Gasteiger partial charge in [0, 0.05) is 31.7 Å². The predicted octanol–water partition coefficient (Wildman–Crippen LogP) is 5.21. The van der Waals surface area contributed by atoms with E-state index in [1.165, 1.54) is 0 Å². The topological polar surface area (TPSA) is 97.8 Å². The van der Waals surface area contributed by atoms with Crippen molar-refractivity contribution < 1.29 is 33.6 Å². The highest BCUT2D eigenvalue weighted by Gasteiger charge is 2.46. The zero-order valence-electron chi connectivity index (χ0n) is 25.4. The van der Waals surface area contributed by atoms with Gasteiger partial charge >= 0.3 is 0 Å². The van der Waals surface area contributed by atoms with E-state index in [0.29, 0.717) is 67.9 Å². The van der Waals surface area contributed by atoms with Crippen LogP contribution in [0.3, 0.4) is 0 Å². The molecule has 0 bridgehead atoms. The van der Waals surface area contributed by atoms with Gasteiger partial charge < -0.3 is 29.0 Å². The van der Waals surface area contributed by atoms with Crippen molar-refractivity contribution in [2.24, 2.45) is 0 Å². The molecule has 232 valence electrons. The zero-order chi connectivity index (χ0) is 30.9. The van der Waals surface area contributed by atoms with Gasteiger partial charge in [0.05, 0.1) is 38.5 Å². The first kappa shape index (κ1) is 31.1. The minimum Gasteiger partial charge on any atom is -0.507 e. The average molecular weight is 601 g/mol. The van der Waals surface area contributed by atoms with Crippen molar-refractivity contribution in [1.29, 1.82) is 0 Å². The third-order valence-corrected chi connectivity index (χ3v) is 7.94. The molecule has 2 aliphatic heterocycles. The Hall–Kier alpha value is -4.34. The summed E-state index contributed by atoms with van der Waals surface area (Å²) < 4.78 is 22.9. The molecule has 3 aromatic carbocycles. The second kappa shape index (κ2) is 14.9. The van der Waals surface area contributed by atoms with Crippen LogP contribution < -0.4 is 14.2 Å². The summed E-state index contributed by atoms with van der Waals surface area (Å²) in [7, 11) is 1.56. The lowest BCUT2D eigenvalue weighted by Gasteiger charge is -2.31. The maximum atomic E-state index is 13.6. The smallest absolute Gasteiger partial charge is 0.295 e. The van der Waals surface area contributed by atoms with Gasteiger partial charge in [-0.05, 0) is 53.9 Å². The Balaban J connectivity index is 1.45. The number of hydrogen-bond acceptors (Lipinski definition) is 8. The SMILES string of the molecule is CCCCOc1ccc(C2/C(=C(\O)c3ccc(OCc4ccccc4)cc3)C(=O)C(=O)N2CCN2CCOCC2)cc1OC. The van der Waals surface area contributed by atoms with Crippen LogP contribution in [-0.2, 0) is 20.9 Å². The van der Waals surface area contributed by atoms with Crippen molar-refractivity contribution in [3.8, 4) is 17.2 Å². The number of amides is 1. The molecule has 44 heavy (non-hydrogen) atoms. The normalized spacial score (nSPS) is 18.4. The number of Topliss-reactive ketones (excluding diaryl/α,β-unsaturated/α-hetero) is 1. The van der Waals surface area contributed by atoms with Crippen LogP contribution in [-0.4, -0.2) is 79.7 Å². The summed E-state index contributed by atoms with van der Waals surface area (Å²) >= 11 is 0. The van der Waals surface area contributed by atoms with Crippen molar-refractivity contribution in [2.45, 2.75) is 32.4 Å². The Morgan fingerprint density at radius 3 is 2.39 bits per heavy atom. The number of nitrogens with zero attached hydrogens (tertiary/aromatic N) is 2. The number of likely N-dealkylation sites (tertiary alicyclic amines) is 1. The van der Waals surface area contributed by atoms with E-state index in [9.17, 15) is 14.7 Å². The van der Waals surface area contributed by atoms with Gasteiger partial charge in [0.1, 0.15) is 18.1 Å². The molecule has 0 spiro atoms. The van der Waals surface area contributed by atoms with Crippen LogP contribution in [0.25, 0.3) is 5.76 Å². The molecule has 0 saturated carbocycles. The fraction of sp³-hybridized carbons (Fsp3) is 0.371. The van der Waals surface area contributed by atoms with Crippen molar-refractivity contribution in [3.05, 3.63) is 95.1 Å². The molecule has 0 aliphatic carbocycles. The molecule has 5 rings (SSSR count). The number of aliphatic hydroxyl groups excluding tert-OH is 1. The second-order valence-electron chi connectivity index (χ2n) is 10.9. The Bertz CT molecular complexity index is 1450. The van der Waals surface area contributed by atoms with E-state index in [1.807, 2.05) is 36.4 Å². The van der Waals surface area contributed by atoms with Crippen molar-refractivity contribution in [1.82, 2.24) is 9.80 Å². The molecular weight excluding hydrogens is 560 g/mol. The van der Waals surface area contributed by atoms with Crippen LogP contribution in [0.1, 0.15) is 42.5 Å². The number of methoxy groups -OCH3 is 1. The van der Waals surface area contributed by atoms with Crippen LogP contribution in [0.5, 0.6) is 17.2 Å². The van der Waals surface area contributed by atoms with Crippen LogP contribution in [0, 0.1) is 0 Å². The van der Waals surface area contributed by atoms with Gasteiger partial charge in [-0.25, -0.2) is 0 Å². The number of aliphatic hydroxyl groups is 1. The summed E-state index contributed by atoms with van der Waals surface area (Å²) in [4.78, 5) is 30.8. The van der Waals surface area contributed by atoms with Crippen molar-refractivity contribution in [2.75, 3.05) is 53.1 Å². The van der Waals surface area contributed by atoms with Crippen LogP contribution in [0.2, 0.25) is 0 Å². The van der Waals surface area contributed by atoms with E-state index in [-0.39, 0.29) is 11.3 Å². The third-order valence-electron chi connectivity index (χ3n) is 7.94. The quantitative estimate of drug-likeness (QED) is 0.124. The standard InChI is InChI=1S/C35H40N2O7/c1-3-4-20-43-29-15-12-27(23-30(29)41-2)32-31(34(39)35(40)37(32)17-16-36-18-21-42-22-19-36)33(38)26-10-13-28(14-11-26)44-24-25-8-6-5-7-9-25/h5-15,23,32,38H,3-4,16-22,24H2,1-2H3/b33-31+. The number of ether oxygens (including phenoxy) is 4. The van der Waals surface area contributed by atoms with Crippen LogP contribution in [0.4, 0.5) is 0 Å². The average Bonchev–Trinajstić information content (AvgIpc) is 3.32. The van der Waals surface area contributed by atoms with E-state index in [2.05, 4.69) is 11.8 Å². The number of benzene rings is 3. The number of ketones is 1. The van der Waals surface area contributed by atoms with Crippen LogP contribution >= 0.6 is 0 Å². The Kier molecular flexibility index (Phi) is 10.5. The molecule has 1 N–H and O–H groups in total. The Labute approximate surface area is 258 Å². The van der Waals surface area contributed by atoms with Crippen molar-refractivity contribution in [3.63, 3.8) is 0 Å². The molecule has 2 saturated heterocycles. The number of rotatable bonds is 13. The first-order valence-corrected chi connectivity index (χ1v) is 15.2. The monoisotopic (exact) mass is 600 g/mol. The predicted molar refractivity (Wildman–Crippen MR) is 167 cm³/mol. The molecule has 2 heterocycles. The molecule has 1 amide bonds. The molecular formula is C35H40N2O7. The third kappa shape index (κ3) is 7.23. The number of morpholine rings is 1. The van der Waals surface area contributed by atoms with E-state index in [0.717, 1.165) is 31.5 Å². The van der Waals surface area contributed by atoms with E-state index in [4.69, 9.17) is 18.9 Å². The molecule has 9 nitrogen and oxygen atoms in total. The lowest BCUT2D eigenvalue weighted by molar-refractivity contribution is -0.140. The fourth-order valence-electron chi connectivity index (χ4n) is 5.44. The summed E-state index contributed by atoms with van der Waals surface area (Å²) in [6, 6.07) is 21.3. The molecule has 0 radical (unpaired) electrons. The summed E-state index contributed by atoms with van der Waals surface area (Å²) in [6.45, 7) is 6.71. The Morgan fingerprint density at radius 1 is 0.932 bits per heavy atom. The lowest BCUT2D eigenvalue weighted by atomic mass is 9.95. The number of unbranched alkanes of at least 4 members (excludes halogenated alkanes) is 1. The van der Waals surface area contributed by atoms with Gasteiger partial charge in [-0.3, -0.25) is 14.5 Å². The van der Waals surface area contributed by atoms with Crippen molar-refractivity contribution >= 4 is 17.4 Å². The number of carbonyl (C=O) groups excluding carboxylic acids is 2. The molecule has 2 fully saturated rings. The molecule has 0 aromatic heterocycles. The minimum atomic E-state index is -0.802. The first-order valence-electron chi connectivity index (χ1n) is 15.2. The maximum Gasteiger partial charge on any atom is 0.295 e. The van der Waals surface area contributed by atoms with E-state index in [1.54, 1.807) is 48.4 Å². The first-order chi connectivity index (χ1) is 21.5. The molecule has 1 atom stereocenters. The highest BCUT2D eigenvalue weighted by Crippen LogP contribution is 2.42. The van der Waals surface area contributed by atoms with Gasteiger partial charge in [0.25, 0.3) is 11.7 Å². The summed E-state index contributed by atoms with van der Waals surface area (Å²) in [6.07, 6.45) is 1.90. The van der Waals surface area contributed by atoms with Gasteiger partial charge in [0.2, 0.25) is 0 Å². The minimum absolute atomic E-state index is 0.0386. The van der Waals surface area contributed by atoms with E-state index < -0.39 is 17.7 Å². The maximum absolute atomic E-state index is 13.6. The van der Waals surface area contributed by atoms with Crippen LogP contribution in [0.15, 0.2) is 78.4 Å². The van der Waals surface area contributed by atoms with E-state index >= 15 is 0 Å². The second-order valence-corrected chi connectivity index (χ2v) is 10.9. The molecule has 9 heteroatoms. The fourth-order valence-corrected chi connectivity index (χ4v) is 5.44. The highest BCUT2D eigenvalue weighted by molar-refractivity contribution is 6.46. The summed E-state index contributed by atoms with van der Waals surface area (Å²) in [5, 5.41) is 11.6. The summed E-state index contributed by atoms with van der Waals surface area (Å²) in [5.41, 5.74) is 2.14. The largest absolute Gasteiger partial charge is 0.507 e. The highest BCUT2D eigenvalue weighted by atomic mass is 16.5. The molecule has 1 unspecified atom stereocenters. The van der Waals surface area contributed by atoms with Gasteiger partial charge in [-0.15, -0.1) is 0 Å². The number of carbonyl (C=O) groups is 2. The lowest BCUT2D eigenvalue weighted by Crippen LogP contribution is -2.42. The Morgan fingerprint density at radius 2 is 1.68 bits per heavy atom. The zero-order valence-corrected chi connectivity index (χ0v) is 25.4. The van der Waals surface area contributed by atoms with Gasteiger partial charge in [-0.2, -0.15) is 0 Å². The van der Waals surface area contributed by atoms with Gasteiger partial charge in [-0.1, -0.05) is 49.7 Å². The molecule has 2 aliphatic rings. The number of hydrogen-bond donors (Lipinski definition) is 1. The van der Waals surface area contributed by atoms with Gasteiger partial charge in [0.15, 0.2) is 11.5 Å². The summed E-state index contributed by atoms with van der Waals surface area (Å²) in [5.74, 6) is 0.102. The molecule has 3 aromatic rings.